The zero-order valence-electron chi connectivity index (χ0n) is 9.47. The minimum absolute atomic E-state index is 0.898. The summed E-state index contributed by atoms with van der Waals surface area (Å²) in [5, 5.41) is 0. The van der Waals surface area contributed by atoms with Gasteiger partial charge in [-0.2, -0.15) is 11.8 Å². The first kappa shape index (κ1) is 11.9. The first-order chi connectivity index (χ1) is 7.95. The molecule has 88 valence electrons. The van der Waals surface area contributed by atoms with Crippen molar-refractivity contribution in [2.45, 2.75) is 5.75 Å². The van der Waals surface area contributed by atoms with Crippen LogP contribution in [0.1, 0.15) is 5.56 Å². The van der Waals surface area contributed by atoms with Gasteiger partial charge in [-0.3, -0.25) is 9.88 Å². The van der Waals surface area contributed by atoms with E-state index in [2.05, 4.69) is 22.0 Å². The van der Waals surface area contributed by atoms with Gasteiger partial charge in [-0.1, -0.05) is 0 Å². The number of pyridine rings is 1. The Bertz CT molecular complexity index is 288. The summed E-state index contributed by atoms with van der Waals surface area (Å²) in [6.45, 7) is 5.16. The standard InChI is InChI=1S/C12H18N2OS/c1-3-13-4-2-12(1)11-16-10-7-14-5-8-15-9-6-14/h1-4H,5-11H2. The molecule has 3 nitrogen and oxygen atoms in total. The maximum Gasteiger partial charge on any atom is 0.0594 e. The van der Waals surface area contributed by atoms with Gasteiger partial charge in [-0.05, 0) is 17.7 Å². The summed E-state index contributed by atoms with van der Waals surface area (Å²) < 4.78 is 5.32. The van der Waals surface area contributed by atoms with Crippen LogP contribution in [-0.4, -0.2) is 48.5 Å². The number of nitrogens with zero attached hydrogens (tertiary/aromatic N) is 2. The van der Waals surface area contributed by atoms with Gasteiger partial charge in [0.25, 0.3) is 0 Å². The molecule has 4 heteroatoms. The molecule has 0 spiro atoms. The molecule has 2 rings (SSSR count). The molecule has 2 heterocycles. The predicted molar refractivity (Wildman–Crippen MR) is 67.7 cm³/mol. The van der Waals surface area contributed by atoms with Crippen molar-refractivity contribution in [1.82, 2.24) is 9.88 Å². The molecular formula is C12H18N2OS. The van der Waals surface area contributed by atoms with Crippen molar-refractivity contribution in [1.29, 1.82) is 0 Å². The lowest BCUT2D eigenvalue weighted by molar-refractivity contribution is 0.0410. The third-order valence-electron chi connectivity index (χ3n) is 2.67. The number of thioether (sulfide) groups is 1. The zero-order valence-corrected chi connectivity index (χ0v) is 10.3. The maximum absolute atomic E-state index is 5.32. The molecule has 1 fully saturated rings. The van der Waals surface area contributed by atoms with Gasteiger partial charge in [0, 0.05) is 43.5 Å². The fourth-order valence-electron chi connectivity index (χ4n) is 1.69. The van der Waals surface area contributed by atoms with Crippen LogP contribution >= 0.6 is 11.8 Å². The number of aromatic nitrogens is 1. The Morgan fingerprint density at radius 3 is 2.75 bits per heavy atom. The van der Waals surface area contributed by atoms with E-state index in [-0.39, 0.29) is 0 Å². The van der Waals surface area contributed by atoms with E-state index in [1.807, 2.05) is 24.2 Å². The molecule has 0 atom stereocenters. The van der Waals surface area contributed by atoms with Crippen LogP contribution in [0.15, 0.2) is 24.5 Å². The van der Waals surface area contributed by atoms with E-state index in [0.29, 0.717) is 0 Å². The summed E-state index contributed by atoms with van der Waals surface area (Å²) in [7, 11) is 0. The first-order valence-corrected chi connectivity index (χ1v) is 6.87. The smallest absolute Gasteiger partial charge is 0.0594 e. The van der Waals surface area contributed by atoms with E-state index in [1.165, 1.54) is 17.9 Å². The average Bonchev–Trinajstić information content (AvgIpc) is 2.37. The Morgan fingerprint density at radius 1 is 1.25 bits per heavy atom. The molecule has 0 unspecified atom stereocenters. The maximum atomic E-state index is 5.32. The molecule has 1 aromatic heterocycles. The molecule has 16 heavy (non-hydrogen) atoms. The van der Waals surface area contributed by atoms with Crippen molar-refractivity contribution < 1.29 is 4.74 Å². The largest absolute Gasteiger partial charge is 0.379 e. The fraction of sp³-hybridized carbons (Fsp3) is 0.583. The van der Waals surface area contributed by atoms with Crippen molar-refractivity contribution in [2.75, 3.05) is 38.6 Å². The summed E-state index contributed by atoms with van der Waals surface area (Å²) in [6, 6.07) is 4.17. The van der Waals surface area contributed by atoms with Crippen molar-refractivity contribution in [3.63, 3.8) is 0 Å². The number of ether oxygens (including phenoxy) is 1. The second kappa shape index (κ2) is 6.89. The van der Waals surface area contributed by atoms with E-state index in [4.69, 9.17) is 4.74 Å². The van der Waals surface area contributed by atoms with Gasteiger partial charge in [0.15, 0.2) is 0 Å². The van der Waals surface area contributed by atoms with Gasteiger partial charge in [-0.15, -0.1) is 0 Å². The van der Waals surface area contributed by atoms with Crippen molar-refractivity contribution in [3.05, 3.63) is 30.1 Å². The Balaban J connectivity index is 1.58. The molecule has 1 aliphatic rings. The van der Waals surface area contributed by atoms with Crippen LogP contribution in [0.3, 0.4) is 0 Å². The minimum Gasteiger partial charge on any atom is -0.379 e. The number of rotatable bonds is 5. The third kappa shape index (κ3) is 4.12. The molecule has 1 aliphatic heterocycles. The van der Waals surface area contributed by atoms with E-state index in [1.54, 1.807) is 0 Å². The van der Waals surface area contributed by atoms with Gasteiger partial charge < -0.3 is 4.74 Å². The van der Waals surface area contributed by atoms with Crippen LogP contribution in [0, 0.1) is 0 Å². The lowest BCUT2D eigenvalue weighted by Gasteiger charge is -2.26. The summed E-state index contributed by atoms with van der Waals surface area (Å²) in [4.78, 5) is 6.49. The van der Waals surface area contributed by atoms with Gasteiger partial charge in [0.1, 0.15) is 0 Å². The van der Waals surface area contributed by atoms with Crippen LogP contribution in [0.25, 0.3) is 0 Å². The van der Waals surface area contributed by atoms with Gasteiger partial charge in [0.2, 0.25) is 0 Å². The second-order valence-corrected chi connectivity index (χ2v) is 4.97. The first-order valence-electron chi connectivity index (χ1n) is 5.72. The average molecular weight is 238 g/mol. The molecular weight excluding hydrogens is 220 g/mol. The van der Waals surface area contributed by atoms with Crippen LogP contribution in [0.5, 0.6) is 0 Å². The Morgan fingerprint density at radius 2 is 2.00 bits per heavy atom. The quantitative estimate of drug-likeness (QED) is 0.728. The number of hydrogen-bond acceptors (Lipinski definition) is 4. The Hall–Kier alpha value is -0.580. The van der Waals surface area contributed by atoms with Gasteiger partial charge in [0.05, 0.1) is 13.2 Å². The Labute approximate surface area is 101 Å². The van der Waals surface area contributed by atoms with Gasteiger partial charge in [-0.25, -0.2) is 0 Å². The van der Waals surface area contributed by atoms with E-state index in [9.17, 15) is 0 Å². The molecule has 0 amide bonds. The molecule has 0 aliphatic carbocycles. The number of morpholine rings is 1. The summed E-state index contributed by atoms with van der Waals surface area (Å²) in [5.74, 6) is 2.29. The van der Waals surface area contributed by atoms with E-state index < -0.39 is 0 Å². The molecule has 1 saturated heterocycles. The lowest BCUT2D eigenvalue weighted by atomic mass is 10.3. The summed E-state index contributed by atoms with van der Waals surface area (Å²) in [5.41, 5.74) is 1.36. The summed E-state index contributed by atoms with van der Waals surface area (Å²) >= 11 is 1.99. The second-order valence-electron chi connectivity index (χ2n) is 3.86. The molecule has 0 aromatic carbocycles. The highest BCUT2D eigenvalue weighted by molar-refractivity contribution is 7.98. The van der Waals surface area contributed by atoms with Crippen molar-refractivity contribution in [2.24, 2.45) is 0 Å². The van der Waals surface area contributed by atoms with Crippen LogP contribution in [-0.2, 0) is 10.5 Å². The van der Waals surface area contributed by atoms with Crippen molar-refractivity contribution in [3.8, 4) is 0 Å². The normalized spacial score (nSPS) is 17.5. The fourth-order valence-corrected chi connectivity index (χ4v) is 2.65. The molecule has 0 N–H and O–H groups in total. The van der Waals surface area contributed by atoms with Crippen LogP contribution in [0.4, 0.5) is 0 Å². The van der Waals surface area contributed by atoms with E-state index in [0.717, 1.165) is 32.1 Å². The summed E-state index contributed by atoms with van der Waals surface area (Å²) in [6.07, 6.45) is 3.72. The zero-order chi connectivity index (χ0) is 11.1. The van der Waals surface area contributed by atoms with Crippen LogP contribution in [0.2, 0.25) is 0 Å². The number of hydrogen-bond donors (Lipinski definition) is 0. The molecule has 0 saturated carbocycles. The molecule has 0 bridgehead atoms. The molecule has 1 aromatic rings. The van der Waals surface area contributed by atoms with E-state index >= 15 is 0 Å². The third-order valence-corrected chi connectivity index (χ3v) is 3.68. The molecule has 0 radical (unpaired) electrons. The van der Waals surface area contributed by atoms with Crippen molar-refractivity contribution >= 4 is 11.8 Å². The highest BCUT2D eigenvalue weighted by atomic mass is 32.2. The highest BCUT2D eigenvalue weighted by Crippen LogP contribution is 2.11. The predicted octanol–water partition coefficient (Wildman–Crippen LogP) is 1.65. The minimum atomic E-state index is 0.898. The topological polar surface area (TPSA) is 25.4 Å². The Kier molecular flexibility index (Phi) is 5.12. The SMILES string of the molecule is c1cc(CSCCN2CCOCC2)ccn1. The lowest BCUT2D eigenvalue weighted by Crippen LogP contribution is -2.37. The monoisotopic (exact) mass is 238 g/mol. The van der Waals surface area contributed by atoms with Gasteiger partial charge >= 0.3 is 0 Å². The highest BCUT2D eigenvalue weighted by Gasteiger charge is 2.08. The van der Waals surface area contributed by atoms with Crippen LogP contribution < -0.4 is 0 Å².